The quantitative estimate of drug-likeness (QED) is 0.766. The third-order valence-corrected chi connectivity index (χ3v) is 2.77. The van der Waals surface area contributed by atoms with Gasteiger partial charge in [-0.3, -0.25) is 0 Å². The van der Waals surface area contributed by atoms with Gasteiger partial charge in [-0.2, -0.15) is 0 Å². The summed E-state index contributed by atoms with van der Waals surface area (Å²) in [5, 5.41) is 0. The fraction of sp³-hybridized carbons (Fsp3) is 0.588. The van der Waals surface area contributed by atoms with Crippen molar-refractivity contribution < 1.29 is 14.3 Å². The largest absolute Gasteiger partial charge is 0.463 e. The molecule has 1 aromatic carbocycles. The number of ether oxygens (including phenoxy) is 2. The molecule has 0 aliphatic carbocycles. The maximum Gasteiger partial charge on any atom is 0.342 e. The minimum atomic E-state index is -1.09. The Morgan fingerprint density at radius 1 is 1.10 bits per heavy atom. The van der Waals surface area contributed by atoms with E-state index in [4.69, 9.17) is 9.47 Å². The minimum Gasteiger partial charge on any atom is -0.463 e. The third-order valence-electron chi connectivity index (χ3n) is 2.77. The molecule has 0 N–H and O–H groups in total. The normalized spacial score (nSPS) is 14.9. The molecule has 20 heavy (non-hydrogen) atoms. The van der Waals surface area contributed by atoms with Gasteiger partial charge in [0.1, 0.15) is 0 Å². The molecule has 0 saturated carbocycles. The predicted octanol–water partition coefficient (Wildman–Crippen LogP) is 3.92. The lowest BCUT2D eigenvalue weighted by Gasteiger charge is -2.35. The van der Waals surface area contributed by atoms with E-state index in [-0.39, 0.29) is 5.97 Å². The smallest absolute Gasteiger partial charge is 0.342 e. The molecule has 0 bridgehead atoms. The van der Waals surface area contributed by atoms with Crippen LogP contribution >= 0.6 is 0 Å². The number of hydrogen-bond acceptors (Lipinski definition) is 3. The molecule has 1 atom stereocenters. The van der Waals surface area contributed by atoms with Crippen LogP contribution in [0.3, 0.4) is 0 Å². The van der Waals surface area contributed by atoms with Crippen LogP contribution in [0.5, 0.6) is 0 Å². The fourth-order valence-corrected chi connectivity index (χ4v) is 1.97. The second-order valence-electron chi connectivity index (χ2n) is 6.61. The van der Waals surface area contributed by atoms with Crippen molar-refractivity contribution in [1.82, 2.24) is 0 Å². The Bertz CT molecular complexity index is 431. The standard InChI is InChI=1S/C17H26O3/c1-13(2)12-19-15(18)17(6,20-16(3,4)5)14-10-8-7-9-11-14/h7-11,13H,12H2,1-6H3. The van der Waals surface area contributed by atoms with Crippen molar-refractivity contribution in [3.8, 4) is 0 Å². The summed E-state index contributed by atoms with van der Waals surface area (Å²) in [7, 11) is 0. The zero-order chi connectivity index (χ0) is 15.4. The van der Waals surface area contributed by atoms with E-state index < -0.39 is 11.2 Å². The van der Waals surface area contributed by atoms with Crippen molar-refractivity contribution >= 4 is 5.97 Å². The molecule has 1 rings (SSSR count). The summed E-state index contributed by atoms with van der Waals surface area (Å²) >= 11 is 0. The van der Waals surface area contributed by atoms with Crippen molar-refractivity contribution in [2.75, 3.05) is 6.61 Å². The number of hydrogen-bond donors (Lipinski definition) is 0. The van der Waals surface area contributed by atoms with Gasteiger partial charge in [0.2, 0.25) is 0 Å². The van der Waals surface area contributed by atoms with Crippen LogP contribution in [0.1, 0.15) is 47.1 Å². The molecular weight excluding hydrogens is 252 g/mol. The summed E-state index contributed by atoms with van der Waals surface area (Å²) in [4.78, 5) is 12.5. The van der Waals surface area contributed by atoms with E-state index in [2.05, 4.69) is 0 Å². The van der Waals surface area contributed by atoms with E-state index in [0.717, 1.165) is 5.56 Å². The highest BCUT2D eigenvalue weighted by Gasteiger charge is 2.41. The van der Waals surface area contributed by atoms with Gasteiger partial charge in [-0.15, -0.1) is 0 Å². The first kappa shape index (κ1) is 16.7. The van der Waals surface area contributed by atoms with E-state index in [1.54, 1.807) is 6.92 Å². The number of esters is 1. The van der Waals surface area contributed by atoms with E-state index in [1.807, 2.05) is 65.0 Å². The Morgan fingerprint density at radius 2 is 1.65 bits per heavy atom. The van der Waals surface area contributed by atoms with Crippen LogP contribution in [-0.2, 0) is 19.9 Å². The first-order chi connectivity index (χ1) is 9.15. The summed E-state index contributed by atoms with van der Waals surface area (Å²) in [5.41, 5.74) is -0.723. The zero-order valence-corrected chi connectivity index (χ0v) is 13.4. The second-order valence-corrected chi connectivity index (χ2v) is 6.61. The molecule has 1 unspecified atom stereocenters. The Kier molecular flexibility index (Phi) is 5.35. The van der Waals surface area contributed by atoms with Gasteiger partial charge >= 0.3 is 5.97 Å². The summed E-state index contributed by atoms with van der Waals surface area (Å²) in [6.07, 6.45) is 0. The lowest BCUT2D eigenvalue weighted by molar-refractivity contribution is -0.190. The van der Waals surface area contributed by atoms with Crippen LogP contribution in [0.2, 0.25) is 0 Å². The second kappa shape index (κ2) is 6.40. The van der Waals surface area contributed by atoms with Gasteiger partial charge in [0.25, 0.3) is 0 Å². The number of benzene rings is 1. The SMILES string of the molecule is CC(C)COC(=O)C(C)(OC(C)(C)C)c1ccccc1. The molecule has 0 aliphatic heterocycles. The zero-order valence-electron chi connectivity index (χ0n) is 13.4. The van der Waals surface area contributed by atoms with Gasteiger partial charge < -0.3 is 9.47 Å². The van der Waals surface area contributed by atoms with Crippen LogP contribution in [-0.4, -0.2) is 18.2 Å². The van der Waals surface area contributed by atoms with Gasteiger partial charge in [-0.25, -0.2) is 4.79 Å². The average Bonchev–Trinajstić information content (AvgIpc) is 2.34. The Balaban J connectivity index is 3.04. The summed E-state index contributed by atoms with van der Waals surface area (Å²) in [5.74, 6) is -0.0408. The highest BCUT2D eigenvalue weighted by molar-refractivity contribution is 5.81. The Hall–Kier alpha value is -1.35. The van der Waals surface area contributed by atoms with Gasteiger partial charge in [0.15, 0.2) is 5.60 Å². The molecule has 112 valence electrons. The monoisotopic (exact) mass is 278 g/mol. The molecule has 0 saturated heterocycles. The maximum atomic E-state index is 12.5. The first-order valence-corrected chi connectivity index (χ1v) is 7.08. The lowest BCUT2D eigenvalue weighted by Crippen LogP contribution is -2.43. The summed E-state index contributed by atoms with van der Waals surface area (Å²) in [6, 6.07) is 9.50. The van der Waals surface area contributed by atoms with E-state index in [9.17, 15) is 4.79 Å². The molecule has 0 aromatic heterocycles. The Morgan fingerprint density at radius 3 is 2.10 bits per heavy atom. The van der Waals surface area contributed by atoms with Crippen LogP contribution in [0.15, 0.2) is 30.3 Å². The van der Waals surface area contributed by atoms with Crippen LogP contribution in [0.4, 0.5) is 0 Å². The topological polar surface area (TPSA) is 35.5 Å². The van der Waals surface area contributed by atoms with Crippen LogP contribution in [0, 0.1) is 5.92 Å². The van der Waals surface area contributed by atoms with Crippen molar-refractivity contribution in [3.05, 3.63) is 35.9 Å². The molecule has 0 amide bonds. The third kappa shape index (κ3) is 4.64. The molecule has 0 aliphatic rings. The number of rotatable bonds is 5. The molecule has 3 heteroatoms. The van der Waals surface area contributed by atoms with Gasteiger partial charge in [0.05, 0.1) is 12.2 Å². The van der Waals surface area contributed by atoms with Gasteiger partial charge in [0, 0.05) is 0 Å². The predicted molar refractivity (Wildman–Crippen MR) is 80.4 cm³/mol. The van der Waals surface area contributed by atoms with E-state index in [0.29, 0.717) is 12.5 Å². The molecular formula is C17H26O3. The van der Waals surface area contributed by atoms with E-state index in [1.165, 1.54) is 0 Å². The van der Waals surface area contributed by atoms with Crippen molar-refractivity contribution in [3.63, 3.8) is 0 Å². The first-order valence-electron chi connectivity index (χ1n) is 7.08. The van der Waals surface area contributed by atoms with Crippen molar-refractivity contribution in [2.45, 2.75) is 52.7 Å². The van der Waals surface area contributed by atoms with E-state index >= 15 is 0 Å². The maximum absolute atomic E-state index is 12.5. The minimum absolute atomic E-state index is 0.300. The van der Waals surface area contributed by atoms with Gasteiger partial charge in [-0.05, 0) is 39.2 Å². The highest BCUT2D eigenvalue weighted by atomic mass is 16.6. The molecule has 0 radical (unpaired) electrons. The molecule has 0 heterocycles. The molecule has 3 nitrogen and oxygen atoms in total. The summed E-state index contributed by atoms with van der Waals surface area (Å²) < 4.78 is 11.4. The van der Waals surface area contributed by atoms with Gasteiger partial charge in [-0.1, -0.05) is 44.2 Å². The van der Waals surface area contributed by atoms with Crippen molar-refractivity contribution in [1.29, 1.82) is 0 Å². The molecule has 1 aromatic rings. The number of carbonyl (C=O) groups is 1. The molecule has 0 fully saturated rings. The Labute approximate surface area is 122 Å². The van der Waals surface area contributed by atoms with Crippen molar-refractivity contribution in [2.24, 2.45) is 5.92 Å². The molecule has 0 spiro atoms. The van der Waals surface area contributed by atoms with Crippen LogP contribution in [0.25, 0.3) is 0 Å². The summed E-state index contributed by atoms with van der Waals surface area (Å²) in [6.45, 7) is 12.0. The average molecular weight is 278 g/mol. The fourth-order valence-electron chi connectivity index (χ4n) is 1.97. The number of carbonyl (C=O) groups excluding carboxylic acids is 1. The highest BCUT2D eigenvalue weighted by Crippen LogP contribution is 2.32. The van der Waals surface area contributed by atoms with Crippen LogP contribution < -0.4 is 0 Å². The lowest BCUT2D eigenvalue weighted by atomic mass is 9.94.